The van der Waals surface area contributed by atoms with E-state index in [1.165, 1.54) is 18.3 Å². The van der Waals surface area contributed by atoms with Gasteiger partial charge in [0.2, 0.25) is 0 Å². The fraction of sp³-hybridized carbons (Fsp3) is 0.150. The largest absolute Gasteiger partial charge is 0.448 e. The van der Waals surface area contributed by atoms with Gasteiger partial charge in [0, 0.05) is 22.6 Å². The highest BCUT2D eigenvalue weighted by molar-refractivity contribution is 7.13. The van der Waals surface area contributed by atoms with E-state index in [1.807, 2.05) is 30.3 Å². The molecule has 3 aromatic rings. The molecule has 1 unspecified atom stereocenters. The second kappa shape index (κ2) is 9.34. The van der Waals surface area contributed by atoms with E-state index in [4.69, 9.17) is 16.3 Å². The molecule has 0 aliphatic heterocycles. The fourth-order valence-electron chi connectivity index (χ4n) is 2.31. The molecule has 28 heavy (non-hydrogen) atoms. The molecule has 3 rings (SSSR count). The van der Waals surface area contributed by atoms with Crippen molar-refractivity contribution in [1.82, 2.24) is 4.98 Å². The first kappa shape index (κ1) is 19.9. The molecule has 0 saturated heterocycles. The van der Waals surface area contributed by atoms with Gasteiger partial charge in [0.05, 0.1) is 0 Å². The van der Waals surface area contributed by atoms with E-state index >= 15 is 0 Å². The topological polar surface area (TPSA) is 80.3 Å². The van der Waals surface area contributed by atoms with Gasteiger partial charge in [-0.3, -0.25) is 4.79 Å². The Morgan fingerprint density at radius 1 is 1.18 bits per heavy atom. The summed E-state index contributed by atoms with van der Waals surface area (Å²) >= 11 is 7.19. The molecule has 1 amide bonds. The number of rotatable bonds is 7. The number of anilines is 2. The zero-order chi connectivity index (χ0) is 19.9. The van der Waals surface area contributed by atoms with Crippen molar-refractivity contribution in [3.05, 3.63) is 76.3 Å². The monoisotopic (exact) mass is 415 g/mol. The van der Waals surface area contributed by atoms with E-state index in [0.29, 0.717) is 22.4 Å². The molecule has 8 heteroatoms. The summed E-state index contributed by atoms with van der Waals surface area (Å²) in [6, 6.07) is 16.6. The highest BCUT2D eigenvalue weighted by atomic mass is 35.5. The van der Waals surface area contributed by atoms with Crippen molar-refractivity contribution in [2.24, 2.45) is 0 Å². The first-order valence-electron chi connectivity index (χ1n) is 8.52. The molecule has 144 valence electrons. The zero-order valence-corrected chi connectivity index (χ0v) is 16.6. The van der Waals surface area contributed by atoms with E-state index in [9.17, 15) is 9.59 Å². The fourth-order valence-corrected chi connectivity index (χ4v) is 3.18. The highest BCUT2D eigenvalue weighted by Crippen LogP contribution is 2.18. The number of hydrogen-bond donors (Lipinski definition) is 2. The Hall–Kier alpha value is -2.90. The maximum absolute atomic E-state index is 12.2. The van der Waals surface area contributed by atoms with Gasteiger partial charge in [-0.05, 0) is 30.7 Å². The number of thiazole rings is 1. The number of ether oxygens (including phenoxy) is 1. The number of aromatic nitrogens is 1. The quantitative estimate of drug-likeness (QED) is 0.551. The number of nitrogens with one attached hydrogen (secondary N) is 2. The molecule has 0 fully saturated rings. The molecular weight excluding hydrogens is 398 g/mol. The Morgan fingerprint density at radius 2 is 1.96 bits per heavy atom. The number of carbonyl (C=O) groups excluding carboxylic acids is 2. The first-order valence-corrected chi connectivity index (χ1v) is 9.78. The maximum Gasteiger partial charge on any atom is 0.358 e. The van der Waals surface area contributed by atoms with Crippen LogP contribution in [-0.2, 0) is 16.1 Å². The van der Waals surface area contributed by atoms with E-state index in [1.54, 1.807) is 29.6 Å². The molecule has 0 aliphatic rings. The molecule has 0 radical (unpaired) electrons. The van der Waals surface area contributed by atoms with Gasteiger partial charge in [-0.2, -0.15) is 0 Å². The summed E-state index contributed by atoms with van der Waals surface area (Å²) < 4.78 is 5.21. The Balaban J connectivity index is 1.52. The van der Waals surface area contributed by atoms with E-state index < -0.39 is 18.0 Å². The van der Waals surface area contributed by atoms with Crippen LogP contribution in [0.2, 0.25) is 5.02 Å². The third-order valence-electron chi connectivity index (χ3n) is 3.75. The van der Waals surface area contributed by atoms with E-state index in [2.05, 4.69) is 15.6 Å². The maximum atomic E-state index is 12.2. The van der Waals surface area contributed by atoms with Crippen LogP contribution in [0.15, 0.2) is 60.0 Å². The van der Waals surface area contributed by atoms with Crippen molar-refractivity contribution in [3.8, 4) is 0 Å². The smallest absolute Gasteiger partial charge is 0.358 e. The van der Waals surface area contributed by atoms with Gasteiger partial charge in [0.1, 0.15) is 0 Å². The van der Waals surface area contributed by atoms with Gasteiger partial charge in [0.15, 0.2) is 16.9 Å². The summed E-state index contributed by atoms with van der Waals surface area (Å²) in [7, 11) is 0. The molecule has 2 aromatic carbocycles. The Morgan fingerprint density at radius 3 is 2.71 bits per heavy atom. The van der Waals surface area contributed by atoms with Crippen LogP contribution in [0.5, 0.6) is 0 Å². The third kappa shape index (κ3) is 5.55. The molecule has 0 aliphatic carbocycles. The number of amides is 1. The van der Waals surface area contributed by atoms with E-state index in [-0.39, 0.29) is 5.69 Å². The summed E-state index contributed by atoms with van der Waals surface area (Å²) in [6.45, 7) is 2.10. The minimum Gasteiger partial charge on any atom is -0.448 e. The van der Waals surface area contributed by atoms with Crippen LogP contribution >= 0.6 is 22.9 Å². The average Bonchev–Trinajstić information content (AvgIpc) is 3.16. The van der Waals surface area contributed by atoms with Crippen LogP contribution in [0.25, 0.3) is 0 Å². The standard InChI is InChI=1S/C20H18ClN3O3S/c1-13(18(25)23-16-9-5-8-15(21)10-16)27-19(26)17-12-28-20(24-17)22-11-14-6-3-2-4-7-14/h2-10,12-13H,11H2,1H3,(H,22,24)(H,23,25). The van der Waals surface area contributed by atoms with Gasteiger partial charge >= 0.3 is 5.97 Å². The molecule has 0 bridgehead atoms. The molecule has 0 saturated carbocycles. The number of benzene rings is 2. The van der Waals surface area contributed by atoms with Gasteiger partial charge in [-0.15, -0.1) is 11.3 Å². The third-order valence-corrected chi connectivity index (χ3v) is 4.78. The van der Waals surface area contributed by atoms with Crippen molar-refractivity contribution in [1.29, 1.82) is 0 Å². The van der Waals surface area contributed by atoms with Crippen LogP contribution in [0.3, 0.4) is 0 Å². The summed E-state index contributed by atoms with van der Waals surface area (Å²) in [5.41, 5.74) is 1.79. The first-order chi connectivity index (χ1) is 13.5. The van der Waals surface area contributed by atoms with Crippen molar-refractivity contribution < 1.29 is 14.3 Å². The minimum atomic E-state index is -0.978. The molecular formula is C20H18ClN3O3S. The number of hydrogen-bond acceptors (Lipinski definition) is 6. The number of esters is 1. The van der Waals surface area contributed by atoms with E-state index in [0.717, 1.165) is 5.56 Å². The van der Waals surface area contributed by atoms with Crippen LogP contribution < -0.4 is 10.6 Å². The minimum absolute atomic E-state index is 0.156. The number of carbonyl (C=O) groups is 2. The zero-order valence-electron chi connectivity index (χ0n) is 15.0. The SMILES string of the molecule is CC(OC(=O)c1csc(NCc2ccccc2)n1)C(=O)Nc1cccc(Cl)c1. The average molecular weight is 416 g/mol. The number of nitrogens with zero attached hydrogens (tertiary/aromatic N) is 1. The van der Waals surface area contributed by atoms with Gasteiger partial charge in [-0.1, -0.05) is 48.0 Å². The molecule has 0 spiro atoms. The second-order valence-corrected chi connectivity index (χ2v) is 7.22. The van der Waals surface area contributed by atoms with Crippen LogP contribution in [0.4, 0.5) is 10.8 Å². The lowest BCUT2D eigenvalue weighted by atomic mass is 10.2. The lowest BCUT2D eigenvalue weighted by Gasteiger charge is -2.12. The predicted octanol–water partition coefficient (Wildman–Crippen LogP) is 4.59. The number of halogens is 1. The van der Waals surface area contributed by atoms with Crippen LogP contribution in [0, 0.1) is 0 Å². The van der Waals surface area contributed by atoms with Gasteiger partial charge < -0.3 is 15.4 Å². The van der Waals surface area contributed by atoms with Crippen LogP contribution in [-0.4, -0.2) is 23.0 Å². The molecule has 6 nitrogen and oxygen atoms in total. The summed E-state index contributed by atoms with van der Waals surface area (Å²) in [5.74, 6) is -1.11. The summed E-state index contributed by atoms with van der Waals surface area (Å²) in [5, 5.41) is 8.51. The lowest BCUT2D eigenvalue weighted by Crippen LogP contribution is -2.30. The lowest BCUT2D eigenvalue weighted by molar-refractivity contribution is -0.123. The Labute approximate surface area is 171 Å². The molecule has 1 atom stereocenters. The highest BCUT2D eigenvalue weighted by Gasteiger charge is 2.21. The molecule has 1 heterocycles. The summed E-state index contributed by atoms with van der Waals surface area (Å²) in [6.07, 6.45) is -0.978. The van der Waals surface area contributed by atoms with Gasteiger partial charge in [-0.25, -0.2) is 9.78 Å². The predicted molar refractivity (Wildman–Crippen MR) is 111 cm³/mol. The van der Waals surface area contributed by atoms with Crippen molar-refractivity contribution in [2.75, 3.05) is 10.6 Å². The van der Waals surface area contributed by atoms with Crippen molar-refractivity contribution in [2.45, 2.75) is 19.6 Å². The Kier molecular flexibility index (Phi) is 6.62. The molecule has 2 N–H and O–H groups in total. The van der Waals surface area contributed by atoms with Gasteiger partial charge in [0.25, 0.3) is 5.91 Å². The second-order valence-electron chi connectivity index (χ2n) is 5.92. The van der Waals surface area contributed by atoms with Crippen LogP contribution in [0.1, 0.15) is 23.0 Å². The van der Waals surface area contributed by atoms with Crippen molar-refractivity contribution in [3.63, 3.8) is 0 Å². The van der Waals surface area contributed by atoms with Crippen molar-refractivity contribution >= 4 is 45.6 Å². The molecule has 1 aromatic heterocycles. The Bertz CT molecular complexity index is 962. The summed E-state index contributed by atoms with van der Waals surface area (Å²) in [4.78, 5) is 28.7. The normalized spacial score (nSPS) is 11.5.